The van der Waals surface area contributed by atoms with Gasteiger partial charge in [0.25, 0.3) is 14.1 Å². The van der Waals surface area contributed by atoms with Gasteiger partial charge in [0.1, 0.15) is 18.8 Å². The molecule has 1 unspecified atom stereocenters. The van der Waals surface area contributed by atoms with E-state index in [-0.39, 0.29) is 31.8 Å². The third-order valence-corrected chi connectivity index (χ3v) is 8.56. The van der Waals surface area contributed by atoms with E-state index in [9.17, 15) is 18.9 Å². The van der Waals surface area contributed by atoms with Crippen molar-refractivity contribution in [2.45, 2.75) is 63.8 Å². The van der Waals surface area contributed by atoms with Crippen molar-refractivity contribution in [3.05, 3.63) is 32.6 Å². The van der Waals surface area contributed by atoms with Crippen molar-refractivity contribution in [1.82, 2.24) is 14.9 Å². The van der Waals surface area contributed by atoms with Crippen LogP contribution in [0.3, 0.4) is 0 Å². The Hall–Kier alpha value is -2.12. The molecule has 15 nitrogen and oxygen atoms in total. The summed E-state index contributed by atoms with van der Waals surface area (Å²) in [5, 5.41) is 11.1. The van der Waals surface area contributed by atoms with Gasteiger partial charge in [0.2, 0.25) is 5.91 Å². The van der Waals surface area contributed by atoms with E-state index in [1.807, 2.05) is 6.07 Å². The summed E-state index contributed by atoms with van der Waals surface area (Å²) in [5.41, 5.74) is 0.229. The Balaban J connectivity index is 2.57. The highest BCUT2D eigenvalue weighted by Crippen LogP contribution is 2.64. The van der Waals surface area contributed by atoms with Gasteiger partial charge in [0.05, 0.1) is 44.8 Å². The van der Waals surface area contributed by atoms with E-state index < -0.39 is 76.5 Å². The SMILES string of the molecule is CCOP(=O)(OCC)C(F)(F)C[C@H]1O[C@@H](n2cc(C)c(=O)[nH]c2=O)[C@H](OCC(=O)NC)[C@@H]1OP(N)OCCC#N. The molecule has 1 aromatic heterocycles. The molecule has 2 rings (SSSR count). The van der Waals surface area contributed by atoms with Crippen LogP contribution in [0.2, 0.25) is 0 Å². The number of amides is 1. The molecule has 40 heavy (non-hydrogen) atoms. The standard InChI is InChI=1S/C21H33F2N5O10P2/c1-5-35-40(32,36-6-2)21(22,23)10-14-16(38-39(25)34-9-7-8-24)17(33-12-15(29)26-4)19(37-14)28-11-13(3)18(30)27-20(28)31/h11,14,16-17,19H,5-7,9-10,12,25H2,1-4H3,(H,26,29)(H,27,30,31)/t14-,16-,17-,19-,39?/m1/s1. The maximum absolute atomic E-state index is 15.5. The molecule has 1 fully saturated rings. The van der Waals surface area contributed by atoms with Crippen LogP contribution < -0.4 is 22.1 Å². The van der Waals surface area contributed by atoms with E-state index >= 15 is 8.78 Å². The molecule has 0 bridgehead atoms. The van der Waals surface area contributed by atoms with Crippen molar-refractivity contribution in [2.24, 2.45) is 5.50 Å². The van der Waals surface area contributed by atoms with Gasteiger partial charge in [-0.2, -0.15) is 14.0 Å². The maximum Gasteiger partial charge on any atom is 0.399 e. The number of ether oxygens (including phenoxy) is 2. The summed E-state index contributed by atoms with van der Waals surface area (Å²) in [4.78, 5) is 38.7. The zero-order chi connectivity index (χ0) is 30.1. The number of halogens is 2. The maximum atomic E-state index is 15.5. The quantitative estimate of drug-likeness (QED) is 0.179. The third kappa shape index (κ3) is 8.45. The summed E-state index contributed by atoms with van der Waals surface area (Å²) in [7, 11) is -5.99. The van der Waals surface area contributed by atoms with E-state index in [4.69, 9.17) is 38.3 Å². The predicted molar refractivity (Wildman–Crippen MR) is 136 cm³/mol. The number of likely N-dealkylation sites (N-methyl/N-ethyl adjacent to an activating group) is 1. The van der Waals surface area contributed by atoms with Gasteiger partial charge in [-0.3, -0.25) is 29.2 Å². The first-order valence-electron chi connectivity index (χ1n) is 12.1. The van der Waals surface area contributed by atoms with Crippen LogP contribution in [0.15, 0.2) is 15.8 Å². The lowest BCUT2D eigenvalue weighted by atomic mass is 10.1. The van der Waals surface area contributed by atoms with E-state index in [2.05, 4.69) is 10.3 Å². The fraction of sp³-hybridized carbons (Fsp3) is 0.714. The lowest BCUT2D eigenvalue weighted by Crippen LogP contribution is -2.42. The van der Waals surface area contributed by atoms with Crippen molar-refractivity contribution >= 4 is 22.0 Å². The summed E-state index contributed by atoms with van der Waals surface area (Å²) >= 11 is 0. The number of rotatable bonds is 16. The Kier molecular flexibility index (Phi) is 13.0. The number of hydrogen-bond acceptors (Lipinski definition) is 12. The number of nitrogens with one attached hydrogen (secondary N) is 2. The van der Waals surface area contributed by atoms with Crippen molar-refractivity contribution in [3.8, 4) is 6.07 Å². The van der Waals surface area contributed by atoms with Crippen LogP contribution in [0.25, 0.3) is 0 Å². The molecule has 4 N–H and O–H groups in total. The topological polar surface area (TPSA) is 206 Å². The zero-order valence-electron chi connectivity index (χ0n) is 22.3. The van der Waals surface area contributed by atoms with Crippen LogP contribution in [-0.4, -0.2) is 72.9 Å². The van der Waals surface area contributed by atoms with Crippen LogP contribution in [0.1, 0.15) is 38.5 Å². The molecule has 0 aromatic carbocycles. The lowest BCUT2D eigenvalue weighted by molar-refractivity contribution is -0.132. The number of hydrogen-bond donors (Lipinski definition) is 3. The minimum atomic E-state index is -5.01. The molecule has 0 radical (unpaired) electrons. The highest BCUT2D eigenvalue weighted by Gasteiger charge is 2.59. The summed E-state index contributed by atoms with van der Waals surface area (Å²) < 4.78 is 77.1. The molecular formula is C21H33F2N5O10P2. The van der Waals surface area contributed by atoms with Crippen LogP contribution in [0.5, 0.6) is 0 Å². The van der Waals surface area contributed by atoms with Gasteiger partial charge in [-0.05, 0) is 20.8 Å². The normalized spacial score (nSPS) is 22.1. The molecule has 2 heterocycles. The number of aromatic nitrogens is 2. The molecule has 1 amide bonds. The Morgan fingerprint density at radius 2 is 1.98 bits per heavy atom. The molecule has 0 saturated carbocycles. The zero-order valence-corrected chi connectivity index (χ0v) is 24.1. The van der Waals surface area contributed by atoms with E-state index in [0.717, 1.165) is 10.8 Å². The highest BCUT2D eigenvalue weighted by atomic mass is 31.2. The number of aryl methyl sites for hydroxylation is 1. The average molecular weight is 615 g/mol. The van der Waals surface area contributed by atoms with Crippen molar-refractivity contribution in [3.63, 3.8) is 0 Å². The van der Waals surface area contributed by atoms with Gasteiger partial charge in [-0.15, -0.1) is 0 Å². The Bertz CT molecular complexity index is 1200. The number of carbonyl (C=O) groups is 1. The van der Waals surface area contributed by atoms with Crippen molar-refractivity contribution < 1.29 is 45.7 Å². The van der Waals surface area contributed by atoms with Crippen LogP contribution in [0, 0.1) is 18.3 Å². The molecular weight excluding hydrogens is 582 g/mol. The second kappa shape index (κ2) is 15.2. The summed E-state index contributed by atoms with van der Waals surface area (Å²) in [5.74, 6) is -0.603. The Morgan fingerprint density at radius 1 is 1.32 bits per heavy atom. The molecule has 226 valence electrons. The number of nitrogens with zero attached hydrogens (tertiary/aromatic N) is 2. The molecule has 1 aliphatic rings. The van der Waals surface area contributed by atoms with Crippen molar-refractivity contribution in [2.75, 3.05) is 33.5 Å². The molecule has 1 saturated heterocycles. The fourth-order valence-electron chi connectivity index (χ4n) is 3.67. The number of nitriles is 1. The lowest BCUT2D eigenvalue weighted by Gasteiger charge is -2.30. The largest absolute Gasteiger partial charge is 0.399 e. The number of carbonyl (C=O) groups excluding carboxylic acids is 1. The van der Waals surface area contributed by atoms with Gasteiger partial charge in [0, 0.05) is 18.8 Å². The van der Waals surface area contributed by atoms with Gasteiger partial charge in [-0.1, -0.05) is 0 Å². The van der Waals surface area contributed by atoms with Gasteiger partial charge >= 0.3 is 18.9 Å². The smallest absolute Gasteiger partial charge is 0.361 e. The fourth-order valence-corrected chi connectivity index (χ4v) is 6.04. The summed E-state index contributed by atoms with van der Waals surface area (Å²) in [6, 6.07) is 1.85. The Morgan fingerprint density at radius 3 is 2.55 bits per heavy atom. The van der Waals surface area contributed by atoms with E-state index in [1.165, 1.54) is 27.8 Å². The Labute approximate surface area is 229 Å². The van der Waals surface area contributed by atoms with Crippen LogP contribution in [0.4, 0.5) is 8.78 Å². The number of alkyl halides is 2. The monoisotopic (exact) mass is 615 g/mol. The molecule has 1 aliphatic heterocycles. The molecule has 1 aromatic rings. The molecule has 0 spiro atoms. The molecule has 19 heteroatoms. The number of H-pyrrole nitrogens is 1. The van der Waals surface area contributed by atoms with Gasteiger partial charge in [0.15, 0.2) is 6.23 Å². The third-order valence-electron chi connectivity index (χ3n) is 5.49. The highest BCUT2D eigenvalue weighted by molar-refractivity contribution is 7.55. The van der Waals surface area contributed by atoms with Crippen molar-refractivity contribution in [1.29, 1.82) is 5.26 Å². The first-order valence-corrected chi connectivity index (χ1v) is 14.9. The van der Waals surface area contributed by atoms with E-state index in [0.29, 0.717) is 0 Å². The minimum absolute atomic E-state index is 0.0424. The number of aromatic amines is 1. The van der Waals surface area contributed by atoms with Crippen LogP contribution in [-0.2, 0) is 36.9 Å². The predicted octanol–water partition coefficient (Wildman–Crippen LogP) is 1.62. The number of nitrogens with two attached hydrogens (primary N) is 1. The molecule has 0 aliphatic carbocycles. The minimum Gasteiger partial charge on any atom is -0.361 e. The van der Waals surface area contributed by atoms with Gasteiger partial charge < -0.3 is 32.9 Å². The second-order valence-corrected chi connectivity index (χ2v) is 11.5. The molecule has 5 atom stereocenters. The van der Waals surface area contributed by atoms with E-state index in [1.54, 1.807) is 0 Å². The first-order chi connectivity index (χ1) is 18.8. The average Bonchev–Trinajstić information content (AvgIpc) is 3.20. The van der Waals surface area contributed by atoms with Crippen LogP contribution >= 0.6 is 16.1 Å². The second-order valence-electron chi connectivity index (χ2n) is 8.29. The van der Waals surface area contributed by atoms with Gasteiger partial charge in [-0.25, -0.2) is 4.79 Å². The first kappa shape index (κ1) is 34.1. The summed E-state index contributed by atoms with van der Waals surface area (Å²) in [6.07, 6.45) is -6.36. The summed E-state index contributed by atoms with van der Waals surface area (Å²) in [6.45, 7) is 2.70.